The summed E-state index contributed by atoms with van der Waals surface area (Å²) in [6.07, 6.45) is 1.61. The number of hydrogen-bond acceptors (Lipinski definition) is 21. The van der Waals surface area contributed by atoms with Crippen molar-refractivity contribution in [2.45, 2.75) is 63.6 Å². The quantitative estimate of drug-likeness (QED) is 0.0218. The van der Waals surface area contributed by atoms with Crippen LogP contribution in [0.3, 0.4) is 0 Å². The van der Waals surface area contributed by atoms with Crippen LogP contribution in [0.25, 0.3) is 11.2 Å². The van der Waals surface area contributed by atoms with Crippen molar-refractivity contribution in [2.24, 2.45) is 11.8 Å². The van der Waals surface area contributed by atoms with Gasteiger partial charge in [0, 0.05) is 42.5 Å². The summed E-state index contributed by atoms with van der Waals surface area (Å²) < 4.78 is 69.4. The van der Waals surface area contributed by atoms with Gasteiger partial charge >= 0.3 is 19.8 Å². The lowest BCUT2D eigenvalue weighted by Gasteiger charge is -2.39. The second-order valence-corrected chi connectivity index (χ2v) is 19.6. The molecule has 5 aromatic rings. The molecule has 0 saturated carbocycles. The van der Waals surface area contributed by atoms with Crippen LogP contribution in [0.2, 0.25) is 0 Å². The summed E-state index contributed by atoms with van der Waals surface area (Å²) in [6, 6.07) is 12.2. The SMILES string of the molecule is COc1cc([C@@H]2c3cc4c(cc3[C@H](OP(=O)(O)OCCOCCOCCOCCCCC(=O)CCC(NC(=O)c3ccc(NCc5cnc6nc(N)[nH]c(=O)c6n5)cc3)C(=O)O)[C@H]3COC(=O)C23)OCO4)cc(C)c1OC. The van der Waals surface area contributed by atoms with Crippen LogP contribution < -0.4 is 40.9 Å². The first-order valence-electron chi connectivity index (χ1n) is 24.7. The Morgan fingerprint density at radius 2 is 1.58 bits per heavy atom. The Kier molecular flexibility index (Phi) is 18.7. The van der Waals surface area contributed by atoms with E-state index >= 15 is 0 Å². The van der Waals surface area contributed by atoms with E-state index in [1.807, 2.05) is 19.1 Å². The summed E-state index contributed by atoms with van der Waals surface area (Å²) in [4.78, 5) is 88.7. The maximum Gasteiger partial charge on any atom is 0.472 e. The number of carbonyl (C=O) groups is 4. The maximum absolute atomic E-state index is 13.5. The van der Waals surface area contributed by atoms with Gasteiger partial charge in [0.25, 0.3) is 11.5 Å². The summed E-state index contributed by atoms with van der Waals surface area (Å²) in [5, 5.41) is 15.3. The number of benzene rings is 3. The highest BCUT2D eigenvalue weighted by molar-refractivity contribution is 7.47. The van der Waals surface area contributed by atoms with Gasteiger partial charge in [0.1, 0.15) is 17.9 Å². The smallest absolute Gasteiger partial charge is 0.472 e. The number of carboxylic acids is 1. The van der Waals surface area contributed by atoms with Crippen molar-refractivity contribution in [3.8, 4) is 23.0 Å². The number of methoxy groups -OCH3 is 2. The number of amides is 1. The number of ether oxygens (including phenoxy) is 8. The van der Waals surface area contributed by atoms with Crippen LogP contribution in [0.4, 0.5) is 11.6 Å². The lowest BCUT2D eigenvalue weighted by atomic mass is 9.66. The van der Waals surface area contributed by atoms with Crippen LogP contribution in [0.1, 0.15) is 82.4 Å². The predicted octanol–water partition coefficient (Wildman–Crippen LogP) is 4.52. The molecule has 6 atom stereocenters. The predicted molar refractivity (Wildman–Crippen MR) is 272 cm³/mol. The molecular formula is C51H60N7O18P. The first-order valence-corrected chi connectivity index (χ1v) is 26.2. The molecule has 0 radical (unpaired) electrons. The number of ketones is 1. The van der Waals surface area contributed by atoms with Crippen LogP contribution in [-0.4, -0.2) is 133 Å². The number of nitrogens with two attached hydrogens (primary N) is 1. The van der Waals surface area contributed by atoms with E-state index in [2.05, 4.69) is 30.6 Å². The number of rotatable bonds is 29. The fourth-order valence-electron chi connectivity index (χ4n) is 9.38. The van der Waals surface area contributed by atoms with Crippen molar-refractivity contribution in [3.63, 3.8) is 0 Å². The standard InChI is InChI=1S/C51H60N7O18P/c1-28-20-30(21-40(67-2)44(28)68-3)41-34-22-38-39(74-27-73-38)23-35(34)45(36-26-72-50(64)42(36)41)76-77(65,66)75-19-18-71-17-16-70-15-14-69-13-5-4-6-33(59)11-12-37(49(62)63)56-47(60)29-7-9-31(10-8-29)53-24-32-25-54-46-43(55-32)48(61)58-51(52)57-46/h7-10,20-23,25,36-37,41-42,45,53H,4-6,11-19,24,26-27H2,1-3H3,(H,56,60)(H,62,63)(H,65,66)(H3,52,54,57,58,61)/t36-,37?,41+,42?,45-/m0/s1. The van der Waals surface area contributed by atoms with E-state index in [1.165, 1.54) is 25.4 Å². The van der Waals surface area contributed by atoms with Crippen molar-refractivity contribution in [1.82, 2.24) is 25.3 Å². The molecule has 77 heavy (non-hydrogen) atoms. The first-order chi connectivity index (χ1) is 37.1. The van der Waals surface area contributed by atoms with E-state index in [-0.39, 0.29) is 101 Å². The molecule has 8 rings (SSSR count). The number of aryl methyl sites for hydroxylation is 1. The molecule has 2 aromatic heterocycles. The van der Waals surface area contributed by atoms with Gasteiger partial charge in [0.05, 0.1) is 84.8 Å². The molecule has 3 aromatic carbocycles. The molecule has 3 aliphatic rings. The number of aromatic amines is 1. The number of fused-ring (bicyclic) bond motifs is 4. The van der Waals surface area contributed by atoms with Gasteiger partial charge in [-0.1, -0.05) is 6.07 Å². The molecule has 4 heterocycles. The second-order valence-electron chi connectivity index (χ2n) is 18.2. The minimum atomic E-state index is -4.73. The molecule has 412 valence electrons. The van der Waals surface area contributed by atoms with Crippen molar-refractivity contribution in [2.75, 3.05) is 84.9 Å². The third-order valence-corrected chi connectivity index (χ3v) is 14.1. The molecule has 1 amide bonds. The molecule has 3 unspecified atom stereocenters. The number of carbonyl (C=O) groups excluding carboxylic acids is 3. The largest absolute Gasteiger partial charge is 0.493 e. The van der Waals surface area contributed by atoms with Gasteiger partial charge < -0.3 is 64.3 Å². The lowest BCUT2D eigenvalue weighted by Crippen LogP contribution is -2.41. The number of esters is 1. The zero-order chi connectivity index (χ0) is 54.6. The topological polar surface area (TPSA) is 340 Å². The van der Waals surface area contributed by atoms with Gasteiger partial charge in [-0.3, -0.25) is 33.2 Å². The number of aromatic nitrogens is 4. The number of anilines is 2. The van der Waals surface area contributed by atoms with E-state index in [9.17, 15) is 38.5 Å². The van der Waals surface area contributed by atoms with E-state index in [0.717, 1.165) is 11.1 Å². The van der Waals surface area contributed by atoms with Crippen molar-refractivity contribution in [1.29, 1.82) is 0 Å². The average molecular weight is 1090 g/mol. The zero-order valence-corrected chi connectivity index (χ0v) is 43.4. The minimum absolute atomic E-state index is 0.0171. The fourth-order valence-corrected chi connectivity index (χ4v) is 10.3. The molecule has 26 heteroatoms. The van der Waals surface area contributed by atoms with Crippen molar-refractivity contribution in [3.05, 3.63) is 98.6 Å². The first kappa shape index (κ1) is 56.0. The summed E-state index contributed by atoms with van der Waals surface area (Å²) in [6.45, 7) is 2.99. The van der Waals surface area contributed by atoms with Crippen molar-refractivity contribution >= 4 is 54.3 Å². The molecule has 1 fully saturated rings. The Balaban J connectivity index is 0.680. The normalized spacial score (nSPS) is 18.4. The summed E-state index contributed by atoms with van der Waals surface area (Å²) in [7, 11) is -1.65. The van der Waals surface area contributed by atoms with Crippen LogP contribution in [-0.2, 0) is 53.5 Å². The van der Waals surface area contributed by atoms with Crippen LogP contribution in [0.5, 0.6) is 23.0 Å². The molecule has 7 N–H and O–H groups in total. The Morgan fingerprint density at radius 3 is 2.29 bits per heavy atom. The van der Waals surface area contributed by atoms with Crippen LogP contribution >= 0.6 is 7.82 Å². The number of phosphoric acid groups is 1. The van der Waals surface area contributed by atoms with E-state index < -0.39 is 61.1 Å². The number of nitrogens with one attached hydrogen (secondary N) is 3. The molecular weight excluding hydrogens is 1030 g/mol. The highest BCUT2D eigenvalue weighted by Crippen LogP contribution is 2.60. The number of unbranched alkanes of at least 4 members (excludes halogenated alkanes) is 1. The molecule has 0 bridgehead atoms. The lowest BCUT2D eigenvalue weighted by molar-refractivity contribution is -0.142. The number of nitrogens with zero attached hydrogens (tertiary/aromatic N) is 3. The van der Waals surface area contributed by atoms with Crippen molar-refractivity contribution < 1.29 is 80.7 Å². The minimum Gasteiger partial charge on any atom is -0.493 e. The van der Waals surface area contributed by atoms with Gasteiger partial charge in [0.15, 0.2) is 34.2 Å². The molecule has 0 spiro atoms. The van der Waals surface area contributed by atoms with Crippen LogP contribution in [0.15, 0.2) is 59.5 Å². The molecule has 2 aliphatic heterocycles. The summed E-state index contributed by atoms with van der Waals surface area (Å²) in [5.41, 5.74) is 9.19. The number of phosphoric ester groups is 1. The fraction of sp³-hybridized carbons (Fsp3) is 0.451. The number of H-pyrrole nitrogens is 1. The highest BCUT2D eigenvalue weighted by Gasteiger charge is 2.54. The van der Waals surface area contributed by atoms with Gasteiger partial charge in [-0.15, -0.1) is 0 Å². The Bertz CT molecular complexity index is 3050. The monoisotopic (exact) mass is 1090 g/mol. The Labute approximate surface area is 441 Å². The van der Waals surface area contributed by atoms with Gasteiger partial charge in [-0.05, 0) is 90.9 Å². The van der Waals surface area contributed by atoms with E-state index in [0.29, 0.717) is 71.6 Å². The number of hydrogen-bond donors (Lipinski definition) is 6. The van der Waals surface area contributed by atoms with Gasteiger partial charge in [-0.2, -0.15) is 4.98 Å². The van der Waals surface area contributed by atoms with Crippen LogP contribution in [0, 0.1) is 18.8 Å². The third kappa shape index (κ3) is 14.0. The van der Waals surface area contributed by atoms with E-state index in [4.69, 9.17) is 52.7 Å². The average Bonchev–Trinajstić information content (AvgIpc) is 4.21. The highest BCUT2D eigenvalue weighted by atomic mass is 31.2. The van der Waals surface area contributed by atoms with Gasteiger partial charge in [-0.25, -0.2) is 19.3 Å². The molecule has 1 saturated heterocycles. The maximum atomic E-state index is 13.5. The second kappa shape index (κ2) is 25.7. The molecule has 25 nitrogen and oxygen atoms in total. The Morgan fingerprint density at radius 1 is 0.883 bits per heavy atom. The van der Waals surface area contributed by atoms with Gasteiger partial charge in [0.2, 0.25) is 12.7 Å². The number of Topliss-reactive ketones (excluding diaryl/α,β-unsaturated/α-hetero) is 1. The Hall–Kier alpha value is -7.25. The third-order valence-electron chi connectivity index (χ3n) is 13.1. The van der Waals surface area contributed by atoms with E-state index in [1.54, 1.807) is 31.4 Å². The number of nitrogen functional groups attached to an aromatic ring is 1. The summed E-state index contributed by atoms with van der Waals surface area (Å²) in [5.74, 6) is -2.65. The summed E-state index contributed by atoms with van der Waals surface area (Å²) >= 11 is 0. The zero-order valence-electron chi connectivity index (χ0n) is 42.5. The molecule has 1 aliphatic carbocycles. The number of cyclic esters (lactones) is 1. The number of carboxylic acid groups (broad SMARTS) is 1. The number of aliphatic carboxylic acids is 1.